The number of aromatic nitrogens is 1. The largest absolute Gasteiger partial charge is 0.379 e. The maximum atomic E-state index is 6.18. The standard InChI is InChI=1S/C11H9BrCl2N2S/c1-6-2-7(12)3-9(13)10(6)15-4-8-5-16-11(14)17-8/h2-3,5,15H,4H2,1H3. The summed E-state index contributed by atoms with van der Waals surface area (Å²) in [7, 11) is 0. The topological polar surface area (TPSA) is 24.9 Å². The van der Waals surface area contributed by atoms with E-state index in [1.807, 2.05) is 19.1 Å². The van der Waals surface area contributed by atoms with Crippen molar-refractivity contribution >= 4 is 56.2 Å². The van der Waals surface area contributed by atoms with Gasteiger partial charge in [0, 0.05) is 15.5 Å². The highest BCUT2D eigenvalue weighted by Gasteiger charge is 2.06. The van der Waals surface area contributed by atoms with Crippen molar-refractivity contribution < 1.29 is 0 Å². The zero-order valence-corrected chi connectivity index (χ0v) is 12.8. The molecule has 1 aromatic carbocycles. The van der Waals surface area contributed by atoms with E-state index in [0.717, 1.165) is 20.6 Å². The third-order valence-electron chi connectivity index (χ3n) is 2.22. The molecule has 0 aliphatic carbocycles. The summed E-state index contributed by atoms with van der Waals surface area (Å²) in [6.07, 6.45) is 1.77. The Hall–Kier alpha value is -0.290. The molecular formula is C11H9BrCl2N2S. The van der Waals surface area contributed by atoms with Crippen LogP contribution in [-0.4, -0.2) is 4.98 Å². The number of anilines is 1. The molecule has 0 fully saturated rings. The van der Waals surface area contributed by atoms with Gasteiger partial charge >= 0.3 is 0 Å². The first-order valence-electron chi connectivity index (χ1n) is 4.86. The zero-order valence-electron chi connectivity index (χ0n) is 8.93. The van der Waals surface area contributed by atoms with Crippen molar-refractivity contribution in [3.8, 4) is 0 Å². The Bertz CT molecular complexity index is 519. The minimum absolute atomic E-state index is 0.556. The van der Waals surface area contributed by atoms with E-state index in [9.17, 15) is 0 Å². The number of thiazole rings is 1. The van der Waals surface area contributed by atoms with E-state index in [0.29, 0.717) is 16.0 Å². The van der Waals surface area contributed by atoms with Crippen LogP contribution in [0, 0.1) is 6.92 Å². The van der Waals surface area contributed by atoms with Gasteiger partial charge in [-0.3, -0.25) is 0 Å². The third-order valence-corrected chi connectivity index (χ3v) is 4.09. The van der Waals surface area contributed by atoms with Crippen LogP contribution in [0.1, 0.15) is 10.4 Å². The SMILES string of the molecule is Cc1cc(Br)cc(Cl)c1NCc1cnc(Cl)s1. The number of nitrogens with zero attached hydrogens (tertiary/aromatic N) is 1. The van der Waals surface area contributed by atoms with Gasteiger partial charge < -0.3 is 5.32 Å². The van der Waals surface area contributed by atoms with Crippen LogP contribution in [0.2, 0.25) is 9.49 Å². The molecule has 2 aromatic rings. The van der Waals surface area contributed by atoms with Crippen molar-refractivity contribution in [3.63, 3.8) is 0 Å². The van der Waals surface area contributed by atoms with Crippen LogP contribution in [0.5, 0.6) is 0 Å². The van der Waals surface area contributed by atoms with Gasteiger partial charge in [0.1, 0.15) is 0 Å². The lowest BCUT2D eigenvalue weighted by atomic mass is 10.2. The molecule has 1 N–H and O–H groups in total. The van der Waals surface area contributed by atoms with E-state index in [2.05, 4.69) is 26.2 Å². The molecule has 2 rings (SSSR count). The van der Waals surface area contributed by atoms with Crippen molar-refractivity contribution in [2.45, 2.75) is 13.5 Å². The Kier molecular flexibility index (Phi) is 4.31. The predicted molar refractivity (Wildman–Crippen MR) is 78.3 cm³/mol. The number of nitrogens with one attached hydrogen (secondary N) is 1. The fraction of sp³-hybridized carbons (Fsp3) is 0.182. The molecule has 0 amide bonds. The maximum Gasteiger partial charge on any atom is 0.183 e. The van der Waals surface area contributed by atoms with E-state index in [4.69, 9.17) is 23.2 Å². The summed E-state index contributed by atoms with van der Waals surface area (Å²) in [5, 5.41) is 4.00. The first-order valence-corrected chi connectivity index (χ1v) is 7.22. The van der Waals surface area contributed by atoms with E-state index < -0.39 is 0 Å². The smallest absolute Gasteiger partial charge is 0.183 e. The fourth-order valence-electron chi connectivity index (χ4n) is 1.47. The quantitative estimate of drug-likeness (QED) is 0.828. The van der Waals surface area contributed by atoms with Crippen LogP contribution in [0.25, 0.3) is 0 Å². The van der Waals surface area contributed by atoms with Crippen molar-refractivity contribution in [1.29, 1.82) is 0 Å². The summed E-state index contributed by atoms with van der Waals surface area (Å²) in [5.74, 6) is 0. The van der Waals surface area contributed by atoms with Gasteiger partial charge in [-0.15, -0.1) is 11.3 Å². The lowest BCUT2D eigenvalue weighted by Crippen LogP contribution is -2.00. The molecule has 17 heavy (non-hydrogen) atoms. The number of rotatable bonds is 3. The summed E-state index contributed by atoms with van der Waals surface area (Å²) in [4.78, 5) is 5.07. The van der Waals surface area contributed by atoms with Gasteiger partial charge in [0.25, 0.3) is 0 Å². The maximum absolute atomic E-state index is 6.18. The van der Waals surface area contributed by atoms with Crippen molar-refractivity contribution in [3.05, 3.63) is 42.7 Å². The third kappa shape index (κ3) is 3.35. The number of hydrogen-bond acceptors (Lipinski definition) is 3. The molecule has 6 heteroatoms. The van der Waals surface area contributed by atoms with Crippen molar-refractivity contribution in [2.75, 3.05) is 5.32 Å². The zero-order chi connectivity index (χ0) is 12.4. The molecule has 90 valence electrons. The highest BCUT2D eigenvalue weighted by molar-refractivity contribution is 9.10. The van der Waals surface area contributed by atoms with Crippen molar-refractivity contribution in [1.82, 2.24) is 4.98 Å². The van der Waals surface area contributed by atoms with E-state index in [-0.39, 0.29) is 0 Å². The molecule has 0 saturated carbocycles. The predicted octanol–water partition coefficient (Wildman–Crippen LogP) is 5.13. The number of benzene rings is 1. The second-order valence-electron chi connectivity index (χ2n) is 3.51. The molecule has 0 aliphatic heterocycles. The van der Waals surface area contributed by atoms with Gasteiger partial charge in [-0.05, 0) is 24.6 Å². The van der Waals surface area contributed by atoms with Gasteiger partial charge in [0.15, 0.2) is 4.47 Å². The lowest BCUT2D eigenvalue weighted by molar-refractivity contribution is 1.16. The first-order chi connectivity index (χ1) is 8.06. The molecule has 0 bridgehead atoms. The normalized spacial score (nSPS) is 10.6. The van der Waals surface area contributed by atoms with Gasteiger partial charge in [-0.2, -0.15) is 0 Å². The Morgan fingerprint density at radius 3 is 2.76 bits per heavy atom. The Morgan fingerprint density at radius 2 is 2.18 bits per heavy atom. The van der Waals surface area contributed by atoms with Gasteiger partial charge in [0.05, 0.1) is 17.3 Å². The van der Waals surface area contributed by atoms with Crippen molar-refractivity contribution in [2.24, 2.45) is 0 Å². The molecular weight excluding hydrogens is 343 g/mol. The fourth-order valence-corrected chi connectivity index (χ4v) is 3.42. The Labute approximate surface area is 122 Å². The summed E-state index contributed by atoms with van der Waals surface area (Å²) in [6, 6.07) is 3.89. The highest BCUT2D eigenvalue weighted by Crippen LogP contribution is 2.30. The van der Waals surface area contributed by atoms with Gasteiger partial charge in [-0.1, -0.05) is 39.1 Å². The second-order valence-corrected chi connectivity index (χ2v) is 6.53. The highest BCUT2D eigenvalue weighted by atomic mass is 79.9. The minimum atomic E-state index is 0.556. The number of halogens is 3. The molecule has 0 atom stereocenters. The van der Waals surface area contributed by atoms with Crippen LogP contribution < -0.4 is 5.32 Å². The summed E-state index contributed by atoms with van der Waals surface area (Å²) >= 11 is 16.8. The van der Waals surface area contributed by atoms with Crippen LogP contribution in [0.4, 0.5) is 5.69 Å². The molecule has 1 aromatic heterocycles. The Balaban J connectivity index is 2.14. The first kappa shape index (κ1) is 13.1. The summed E-state index contributed by atoms with van der Waals surface area (Å²) in [6.45, 7) is 2.69. The van der Waals surface area contributed by atoms with Gasteiger partial charge in [-0.25, -0.2) is 4.98 Å². The molecule has 2 nitrogen and oxygen atoms in total. The van der Waals surface area contributed by atoms with Crippen LogP contribution in [0.3, 0.4) is 0 Å². The molecule has 0 spiro atoms. The average Bonchev–Trinajstić information content (AvgIpc) is 2.62. The Morgan fingerprint density at radius 1 is 1.41 bits per heavy atom. The molecule has 0 radical (unpaired) electrons. The minimum Gasteiger partial charge on any atom is -0.379 e. The van der Waals surface area contributed by atoms with E-state index in [1.165, 1.54) is 11.3 Å². The van der Waals surface area contributed by atoms with Crippen LogP contribution >= 0.6 is 50.5 Å². The average molecular weight is 352 g/mol. The van der Waals surface area contributed by atoms with E-state index >= 15 is 0 Å². The number of hydrogen-bond donors (Lipinski definition) is 1. The summed E-state index contributed by atoms with van der Waals surface area (Å²) < 4.78 is 1.53. The molecule has 1 heterocycles. The van der Waals surface area contributed by atoms with Crippen LogP contribution in [-0.2, 0) is 6.54 Å². The molecule has 0 aliphatic rings. The van der Waals surface area contributed by atoms with Crippen LogP contribution in [0.15, 0.2) is 22.8 Å². The molecule has 0 unspecified atom stereocenters. The number of aryl methyl sites for hydroxylation is 1. The monoisotopic (exact) mass is 350 g/mol. The summed E-state index contributed by atoms with van der Waals surface area (Å²) in [5.41, 5.74) is 2.04. The van der Waals surface area contributed by atoms with E-state index in [1.54, 1.807) is 6.20 Å². The van der Waals surface area contributed by atoms with Gasteiger partial charge in [0.2, 0.25) is 0 Å². The molecule has 0 saturated heterocycles. The second kappa shape index (κ2) is 5.57. The lowest BCUT2D eigenvalue weighted by Gasteiger charge is -2.11.